The van der Waals surface area contributed by atoms with Crippen LogP contribution in [0.3, 0.4) is 0 Å². The fourth-order valence-electron chi connectivity index (χ4n) is 3.26. The molecule has 0 amide bonds. The highest BCUT2D eigenvalue weighted by molar-refractivity contribution is 5.88. The molecule has 0 fully saturated rings. The van der Waals surface area contributed by atoms with Crippen molar-refractivity contribution in [2.24, 2.45) is 5.92 Å². The minimum atomic E-state index is -0.188. The molecule has 1 atom stereocenters. The Morgan fingerprint density at radius 1 is 1.18 bits per heavy atom. The van der Waals surface area contributed by atoms with E-state index in [-0.39, 0.29) is 5.97 Å². The van der Waals surface area contributed by atoms with Gasteiger partial charge in [0.05, 0.1) is 0 Å². The summed E-state index contributed by atoms with van der Waals surface area (Å²) in [5.41, 5.74) is 5.12. The van der Waals surface area contributed by atoms with Crippen LogP contribution in [0.15, 0.2) is 42.1 Å². The number of esters is 1. The maximum Gasteiger partial charge on any atom is 0.334 e. The first-order valence-electron chi connectivity index (χ1n) is 9.97. The number of aryl methyl sites for hydroxylation is 3. The summed E-state index contributed by atoms with van der Waals surface area (Å²) in [5, 5.41) is 3.34. The zero-order valence-electron chi connectivity index (χ0n) is 17.0. The topological polar surface area (TPSA) is 64.1 Å². The van der Waals surface area contributed by atoms with Crippen molar-refractivity contribution in [1.29, 1.82) is 0 Å². The number of rotatable bonds is 6. The van der Waals surface area contributed by atoms with Crippen molar-refractivity contribution in [3.05, 3.63) is 64.5 Å². The Morgan fingerprint density at radius 2 is 1.96 bits per heavy atom. The largest absolute Gasteiger partial charge is 0.457 e. The zero-order valence-corrected chi connectivity index (χ0v) is 17.0. The molecule has 1 aromatic heterocycles. The van der Waals surface area contributed by atoms with Crippen LogP contribution in [0.2, 0.25) is 0 Å². The highest BCUT2D eigenvalue weighted by atomic mass is 16.5. The van der Waals surface area contributed by atoms with Gasteiger partial charge in [-0.25, -0.2) is 14.8 Å². The van der Waals surface area contributed by atoms with Crippen molar-refractivity contribution in [2.45, 2.75) is 53.1 Å². The number of nitrogens with one attached hydrogen (secondary N) is 1. The number of carbonyl (C=O) groups excluding carboxylic acids is 1. The number of nitrogens with zero attached hydrogens (tertiary/aromatic N) is 2. The molecule has 0 bridgehead atoms. The summed E-state index contributed by atoms with van der Waals surface area (Å²) in [6, 6.07) is 8.07. The second-order valence-corrected chi connectivity index (χ2v) is 7.62. The molecule has 1 aliphatic rings. The number of hydrogen-bond acceptors (Lipinski definition) is 5. The van der Waals surface area contributed by atoms with Gasteiger partial charge in [0.2, 0.25) is 5.95 Å². The fraction of sp³-hybridized carbons (Fsp3) is 0.435. The van der Waals surface area contributed by atoms with Gasteiger partial charge in [0.1, 0.15) is 6.61 Å². The summed E-state index contributed by atoms with van der Waals surface area (Å²) in [6.07, 6.45) is 7.56. The first kappa shape index (κ1) is 20.1. The minimum Gasteiger partial charge on any atom is -0.457 e. The van der Waals surface area contributed by atoms with Gasteiger partial charge in [0, 0.05) is 24.0 Å². The number of anilines is 1. The molecule has 0 saturated heterocycles. The van der Waals surface area contributed by atoms with E-state index in [1.54, 1.807) is 0 Å². The number of carbonyl (C=O) groups is 1. The summed E-state index contributed by atoms with van der Waals surface area (Å²) in [5.74, 6) is 0.980. The van der Waals surface area contributed by atoms with E-state index in [2.05, 4.69) is 15.3 Å². The zero-order chi connectivity index (χ0) is 19.9. The SMILES string of the molecule is Cc1ccc(COC(=O)C2=CCCC(CNc3ncc(C)c(C)n3)CC2)cc1. The Labute approximate surface area is 167 Å². The number of benzene rings is 1. The molecule has 0 radical (unpaired) electrons. The Morgan fingerprint density at radius 3 is 2.71 bits per heavy atom. The molecule has 1 aliphatic carbocycles. The van der Waals surface area contributed by atoms with Crippen LogP contribution in [-0.4, -0.2) is 22.5 Å². The van der Waals surface area contributed by atoms with E-state index >= 15 is 0 Å². The second kappa shape index (κ2) is 9.49. The van der Waals surface area contributed by atoms with Crippen LogP contribution in [0.5, 0.6) is 0 Å². The molecule has 0 spiro atoms. The van der Waals surface area contributed by atoms with Gasteiger partial charge in [0.15, 0.2) is 0 Å². The van der Waals surface area contributed by atoms with Crippen LogP contribution >= 0.6 is 0 Å². The predicted octanol–water partition coefficient (Wildman–Crippen LogP) is 4.67. The molecule has 5 heteroatoms. The lowest BCUT2D eigenvalue weighted by Gasteiger charge is -2.15. The summed E-state index contributed by atoms with van der Waals surface area (Å²) in [7, 11) is 0. The van der Waals surface area contributed by atoms with E-state index in [0.29, 0.717) is 18.5 Å². The van der Waals surface area contributed by atoms with Crippen molar-refractivity contribution >= 4 is 11.9 Å². The third kappa shape index (κ3) is 5.65. The summed E-state index contributed by atoms with van der Waals surface area (Å²) >= 11 is 0. The smallest absolute Gasteiger partial charge is 0.334 e. The van der Waals surface area contributed by atoms with Crippen molar-refractivity contribution in [1.82, 2.24) is 9.97 Å². The average Bonchev–Trinajstić information content (AvgIpc) is 2.94. The van der Waals surface area contributed by atoms with Crippen LogP contribution in [0.25, 0.3) is 0 Å². The van der Waals surface area contributed by atoms with E-state index in [4.69, 9.17) is 4.74 Å². The van der Waals surface area contributed by atoms with Gasteiger partial charge in [-0.3, -0.25) is 0 Å². The van der Waals surface area contributed by atoms with Gasteiger partial charge in [0.25, 0.3) is 0 Å². The van der Waals surface area contributed by atoms with Crippen molar-refractivity contribution in [2.75, 3.05) is 11.9 Å². The molecule has 148 valence electrons. The Kier molecular flexibility index (Phi) is 6.80. The second-order valence-electron chi connectivity index (χ2n) is 7.62. The van der Waals surface area contributed by atoms with Gasteiger partial charge >= 0.3 is 5.97 Å². The Hall–Kier alpha value is -2.69. The van der Waals surface area contributed by atoms with E-state index in [0.717, 1.165) is 54.6 Å². The molecular weight excluding hydrogens is 350 g/mol. The van der Waals surface area contributed by atoms with Gasteiger partial charge in [-0.15, -0.1) is 0 Å². The number of ether oxygens (including phenoxy) is 1. The van der Waals surface area contributed by atoms with Crippen LogP contribution in [-0.2, 0) is 16.1 Å². The van der Waals surface area contributed by atoms with Crippen LogP contribution in [0.4, 0.5) is 5.95 Å². The lowest BCUT2D eigenvalue weighted by atomic mass is 9.99. The maximum absolute atomic E-state index is 12.4. The molecule has 1 aromatic carbocycles. The lowest BCUT2D eigenvalue weighted by Crippen LogP contribution is -2.16. The number of allylic oxidation sites excluding steroid dienone is 1. The van der Waals surface area contributed by atoms with Crippen molar-refractivity contribution < 1.29 is 9.53 Å². The van der Waals surface area contributed by atoms with Gasteiger partial charge in [-0.2, -0.15) is 0 Å². The highest BCUT2D eigenvalue weighted by Gasteiger charge is 2.18. The first-order valence-corrected chi connectivity index (χ1v) is 9.97. The highest BCUT2D eigenvalue weighted by Crippen LogP contribution is 2.24. The standard InChI is InChI=1S/C23H29N3O2/c1-16-7-9-20(10-8-16)15-28-22(27)21-6-4-5-19(11-12-21)14-25-23-24-13-17(2)18(3)26-23/h6-10,13,19H,4-5,11-12,14-15H2,1-3H3,(H,24,25,26). The predicted molar refractivity (Wildman–Crippen MR) is 111 cm³/mol. The molecule has 0 aliphatic heterocycles. The fourth-order valence-corrected chi connectivity index (χ4v) is 3.26. The van der Waals surface area contributed by atoms with Crippen LogP contribution in [0, 0.1) is 26.7 Å². The summed E-state index contributed by atoms with van der Waals surface area (Å²) in [6.45, 7) is 7.19. The minimum absolute atomic E-state index is 0.188. The van der Waals surface area contributed by atoms with E-state index in [1.807, 2.05) is 57.3 Å². The molecule has 5 nitrogen and oxygen atoms in total. The Balaban J connectivity index is 1.45. The van der Waals surface area contributed by atoms with Gasteiger partial charge < -0.3 is 10.1 Å². The van der Waals surface area contributed by atoms with Crippen molar-refractivity contribution in [3.63, 3.8) is 0 Å². The molecule has 2 aromatic rings. The maximum atomic E-state index is 12.4. The molecule has 1 N–H and O–H groups in total. The summed E-state index contributed by atoms with van der Waals surface area (Å²) < 4.78 is 5.51. The first-order chi connectivity index (χ1) is 13.5. The normalized spacial score (nSPS) is 16.8. The van der Waals surface area contributed by atoms with Gasteiger partial charge in [-0.1, -0.05) is 35.9 Å². The van der Waals surface area contributed by atoms with E-state index in [1.165, 1.54) is 5.56 Å². The summed E-state index contributed by atoms with van der Waals surface area (Å²) in [4.78, 5) is 21.2. The third-order valence-corrected chi connectivity index (χ3v) is 5.31. The molecule has 3 rings (SSSR count). The van der Waals surface area contributed by atoms with Crippen molar-refractivity contribution in [3.8, 4) is 0 Å². The number of hydrogen-bond donors (Lipinski definition) is 1. The van der Waals surface area contributed by atoms with Gasteiger partial charge in [-0.05, 0) is 63.5 Å². The lowest BCUT2D eigenvalue weighted by molar-refractivity contribution is -0.140. The van der Waals surface area contributed by atoms with E-state index < -0.39 is 0 Å². The molecule has 28 heavy (non-hydrogen) atoms. The quantitative estimate of drug-likeness (QED) is 0.739. The van der Waals surface area contributed by atoms with E-state index in [9.17, 15) is 4.79 Å². The number of aromatic nitrogens is 2. The third-order valence-electron chi connectivity index (χ3n) is 5.31. The molecule has 1 heterocycles. The van der Waals surface area contributed by atoms with Crippen LogP contribution in [0.1, 0.15) is 48.1 Å². The molecule has 1 unspecified atom stereocenters. The van der Waals surface area contributed by atoms with Crippen LogP contribution < -0.4 is 5.32 Å². The Bertz CT molecular complexity index is 843. The molecule has 0 saturated carbocycles. The monoisotopic (exact) mass is 379 g/mol. The molecular formula is C23H29N3O2. The average molecular weight is 380 g/mol.